The minimum Gasteiger partial charge on any atom is -0.463 e. The van der Waals surface area contributed by atoms with Crippen molar-refractivity contribution >= 4 is 11.5 Å². The number of nitrogens with zero attached hydrogens (tertiary/aromatic N) is 3. The zero-order chi connectivity index (χ0) is 19.3. The summed E-state index contributed by atoms with van der Waals surface area (Å²) in [6.07, 6.45) is -2.07. The molecule has 2 aromatic rings. The molecule has 0 N–H and O–H groups in total. The summed E-state index contributed by atoms with van der Waals surface area (Å²) in [6, 6.07) is 7.35. The first kappa shape index (κ1) is 20.0. The lowest BCUT2D eigenvalue weighted by Crippen LogP contribution is -2.19. The zero-order valence-corrected chi connectivity index (χ0v) is 15.5. The lowest BCUT2D eigenvalue weighted by atomic mass is 10.0. The predicted molar refractivity (Wildman–Crippen MR) is 96.0 cm³/mol. The van der Waals surface area contributed by atoms with Gasteiger partial charge >= 0.3 is 12.2 Å². The van der Waals surface area contributed by atoms with Crippen molar-refractivity contribution in [3.05, 3.63) is 41.6 Å². The van der Waals surface area contributed by atoms with E-state index in [1.165, 1.54) is 4.90 Å². The monoisotopic (exact) mass is 367 g/mol. The second kappa shape index (κ2) is 8.38. The minimum absolute atomic E-state index is 0.0479. The van der Waals surface area contributed by atoms with Gasteiger partial charge in [0.05, 0.1) is 6.61 Å². The lowest BCUT2D eigenvalue weighted by molar-refractivity contribution is -0.137. The molecule has 1 aromatic carbocycles. The Bertz CT molecular complexity index is 732. The summed E-state index contributed by atoms with van der Waals surface area (Å²) in [5.41, 5.74) is 0.772. The Hall–Kier alpha value is -2.31. The molecule has 26 heavy (non-hydrogen) atoms. The minimum atomic E-state index is -4.55. The Balaban J connectivity index is 2.43. The van der Waals surface area contributed by atoms with Gasteiger partial charge in [-0.25, -0.2) is 4.98 Å². The molecule has 0 fully saturated rings. The van der Waals surface area contributed by atoms with E-state index in [9.17, 15) is 13.2 Å². The molecule has 0 aliphatic heterocycles. The summed E-state index contributed by atoms with van der Waals surface area (Å²) in [4.78, 5) is 9.17. The van der Waals surface area contributed by atoms with Gasteiger partial charge in [0.25, 0.3) is 0 Å². The third kappa shape index (κ3) is 4.86. The van der Waals surface area contributed by atoms with Crippen LogP contribution in [-0.2, 0) is 6.18 Å². The van der Waals surface area contributed by atoms with Crippen molar-refractivity contribution < 1.29 is 17.9 Å². The molecular weight excluding hydrogens is 343 g/mol. The summed E-state index contributed by atoms with van der Waals surface area (Å²) >= 11 is 0. The summed E-state index contributed by atoms with van der Waals surface area (Å²) < 4.78 is 45.7. The molecule has 7 heteroatoms. The fraction of sp³-hybridized carbons (Fsp3) is 0.474. The van der Waals surface area contributed by atoms with Gasteiger partial charge in [-0.1, -0.05) is 39.3 Å². The molecule has 4 nitrogen and oxygen atoms in total. The number of hydrogen-bond acceptors (Lipinski definition) is 4. The number of alkyl halides is 3. The summed E-state index contributed by atoms with van der Waals surface area (Å²) in [6.45, 7) is 6.43. The average Bonchev–Trinajstić information content (AvgIpc) is 2.60. The van der Waals surface area contributed by atoms with Gasteiger partial charge in [0.15, 0.2) is 5.82 Å². The molecule has 0 unspecified atom stereocenters. The molecule has 0 aliphatic carbocycles. The Morgan fingerprint density at radius 3 is 2.58 bits per heavy atom. The van der Waals surface area contributed by atoms with Crippen LogP contribution in [-0.4, -0.2) is 23.6 Å². The van der Waals surface area contributed by atoms with E-state index < -0.39 is 11.7 Å². The number of benzene rings is 1. The van der Waals surface area contributed by atoms with Gasteiger partial charge < -0.3 is 9.64 Å². The zero-order valence-electron chi connectivity index (χ0n) is 15.5. The molecular formula is C19H24F3N3O. The molecule has 0 bridgehead atoms. The maximum absolute atomic E-state index is 13.4. The molecule has 0 amide bonds. The van der Waals surface area contributed by atoms with E-state index in [4.69, 9.17) is 4.74 Å². The van der Waals surface area contributed by atoms with Gasteiger partial charge in [0, 0.05) is 18.9 Å². The Kier molecular flexibility index (Phi) is 6.45. The summed E-state index contributed by atoms with van der Waals surface area (Å²) in [5, 5.41) is 0. The van der Waals surface area contributed by atoms with Crippen LogP contribution in [0.2, 0.25) is 0 Å². The van der Waals surface area contributed by atoms with Crippen molar-refractivity contribution in [2.24, 2.45) is 0 Å². The highest BCUT2D eigenvalue weighted by atomic mass is 19.4. The number of rotatable bonds is 7. The smallest absolute Gasteiger partial charge is 0.421 e. The summed E-state index contributed by atoms with van der Waals surface area (Å²) in [7, 11) is 1.56. The van der Waals surface area contributed by atoms with Crippen LogP contribution >= 0.6 is 0 Å². The van der Waals surface area contributed by atoms with Crippen LogP contribution in [0.25, 0.3) is 0 Å². The van der Waals surface area contributed by atoms with Gasteiger partial charge in [0.1, 0.15) is 5.56 Å². The molecule has 1 heterocycles. The van der Waals surface area contributed by atoms with Crippen molar-refractivity contribution in [3.63, 3.8) is 0 Å². The molecule has 0 aliphatic rings. The number of ether oxygens (including phenoxy) is 1. The molecule has 0 spiro atoms. The van der Waals surface area contributed by atoms with E-state index in [0.29, 0.717) is 12.3 Å². The third-order valence-electron chi connectivity index (χ3n) is 4.02. The van der Waals surface area contributed by atoms with E-state index in [0.717, 1.165) is 24.6 Å². The number of anilines is 2. The standard InChI is InChI=1S/C19H24F3N3O/c1-5-6-10-26-18-23-12-16(19(20,21)22)17(24-18)25(4)15-9-7-8-14(11-15)13(2)3/h7-9,11-13H,5-6,10H2,1-4H3. The first-order valence-electron chi connectivity index (χ1n) is 8.64. The average molecular weight is 367 g/mol. The molecule has 0 radical (unpaired) electrons. The molecule has 0 saturated heterocycles. The van der Waals surface area contributed by atoms with Crippen LogP contribution in [0.5, 0.6) is 6.01 Å². The van der Waals surface area contributed by atoms with E-state index in [1.807, 2.05) is 39.0 Å². The molecule has 0 atom stereocenters. The summed E-state index contributed by atoms with van der Waals surface area (Å²) in [5.74, 6) is 0.0451. The van der Waals surface area contributed by atoms with Crippen molar-refractivity contribution in [1.82, 2.24) is 9.97 Å². The highest BCUT2D eigenvalue weighted by Gasteiger charge is 2.36. The van der Waals surface area contributed by atoms with Crippen LogP contribution in [0.15, 0.2) is 30.5 Å². The maximum Gasteiger partial charge on any atom is 0.421 e. The number of aromatic nitrogens is 2. The van der Waals surface area contributed by atoms with Gasteiger partial charge in [-0.2, -0.15) is 18.2 Å². The van der Waals surface area contributed by atoms with Crippen LogP contribution in [0.1, 0.15) is 50.7 Å². The normalized spacial score (nSPS) is 11.7. The van der Waals surface area contributed by atoms with Crippen molar-refractivity contribution in [2.45, 2.75) is 45.7 Å². The van der Waals surface area contributed by atoms with Crippen LogP contribution in [0.4, 0.5) is 24.7 Å². The SMILES string of the molecule is CCCCOc1ncc(C(F)(F)F)c(N(C)c2cccc(C(C)C)c2)n1. The van der Waals surface area contributed by atoms with Crippen molar-refractivity contribution in [1.29, 1.82) is 0 Å². The predicted octanol–water partition coefficient (Wildman–Crippen LogP) is 5.57. The molecule has 1 aromatic heterocycles. The Morgan fingerprint density at radius 2 is 1.96 bits per heavy atom. The fourth-order valence-electron chi connectivity index (χ4n) is 2.40. The molecule has 2 rings (SSSR count). The van der Waals surface area contributed by atoms with Gasteiger partial charge in [-0.05, 0) is 30.0 Å². The largest absolute Gasteiger partial charge is 0.463 e. The second-order valence-electron chi connectivity index (χ2n) is 6.40. The highest BCUT2D eigenvalue weighted by molar-refractivity contribution is 5.63. The highest BCUT2D eigenvalue weighted by Crippen LogP contribution is 2.38. The number of hydrogen-bond donors (Lipinski definition) is 0. The topological polar surface area (TPSA) is 38.2 Å². The van der Waals surface area contributed by atoms with Gasteiger partial charge in [0.2, 0.25) is 0 Å². The Labute approximate surface area is 152 Å². The maximum atomic E-state index is 13.4. The van der Waals surface area contributed by atoms with Gasteiger partial charge in [-0.3, -0.25) is 0 Å². The second-order valence-corrected chi connectivity index (χ2v) is 6.40. The van der Waals surface area contributed by atoms with E-state index in [2.05, 4.69) is 9.97 Å². The Morgan fingerprint density at radius 1 is 1.23 bits per heavy atom. The third-order valence-corrected chi connectivity index (χ3v) is 4.02. The van der Waals surface area contributed by atoms with Gasteiger partial charge in [-0.15, -0.1) is 0 Å². The first-order valence-corrected chi connectivity index (χ1v) is 8.64. The quantitative estimate of drug-likeness (QED) is 0.600. The van der Waals surface area contributed by atoms with Crippen molar-refractivity contribution in [2.75, 3.05) is 18.6 Å². The fourth-order valence-corrected chi connectivity index (χ4v) is 2.40. The lowest BCUT2D eigenvalue weighted by Gasteiger charge is -2.23. The number of halogens is 3. The van der Waals surface area contributed by atoms with Crippen molar-refractivity contribution in [3.8, 4) is 6.01 Å². The van der Waals surface area contributed by atoms with E-state index >= 15 is 0 Å². The first-order chi connectivity index (χ1) is 12.2. The van der Waals surface area contributed by atoms with E-state index in [1.54, 1.807) is 13.1 Å². The van der Waals surface area contributed by atoms with Crippen LogP contribution in [0.3, 0.4) is 0 Å². The van der Waals surface area contributed by atoms with E-state index in [-0.39, 0.29) is 17.7 Å². The number of unbranched alkanes of at least 4 members (excludes halogenated alkanes) is 1. The molecule has 0 saturated carbocycles. The van der Waals surface area contributed by atoms with Crippen LogP contribution < -0.4 is 9.64 Å². The molecule has 142 valence electrons. The van der Waals surface area contributed by atoms with Crippen LogP contribution in [0, 0.1) is 0 Å².